The van der Waals surface area contributed by atoms with Crippen molar-refractivity contribution in [1.82, 2.24) is 10.2 Å². The molecule has 1 aromatic rings. The fraction of sp³-hybridized carbons (Fsp3) is 0.545. The van der Waals surface area contributed by atoms with Gasteiger partial charge in [-0.3, -0.25) is 14.3 Å². The molecule has 2 rings (SSSR count). The van der Waals surface area contributed by atoms with E-state index in [0.717, 1.165) is 5.56 Å². The Morgan fingerprint density at radius 2 is 2.47 bits per heavy atom. The maximum atomic E-state index is 11.8. The number of thiophene rings is 1. The Labute approximate surface area is 107 Å². The van der Waals surface area contributed by atoms with Gasteiger partial charge in [-0.25, -0.2) is 0 Å². The zero-order chi connectivity index (χ0) is 12.4. The third-order valence-corrected chi connectivity index (χ3v) is 4.94. The Bertz CT molecular complexity index is 419. The Morgan fingerprint density at radius 1 is 1.71 bits per heavy atom. The molecule has 1 saturated heterocycles. The van der Waals surface area contributed by atoms with E-state index in [1.54, 1.807) is 22.5 Å². The molecule has 0 aliphatic carbocycles. The lowest BCUT2D eigenvalue weighted by molar-refractivity contribution is -0.128. The van der Waals surface area contributed by atoms with E-state index in [2.05, 4.69) is 5.32 Å². The molecular weight excluding hydrogens is 256 g/mol. The Hall–Kier alpha value is -0.720. The van der Waals surface area contributed by atoms with Gasteiger partial charge in [0, 0.05) is 28.9 Å². The van der Waals surface area contributed by atoms with Gasteiger partial charge in [0.15, 0.2) is 0 Å². The van der Waals surface area contributed by atoms with Gasteiger partial charge in [0.1, 0.15) is 6.17 Å². The molecule has 1 amide bonds. The van der Waals surface area contributed by atoms with Crippen LogP contribution in [0.5, 0.6) is 0 Å². The fourth-order valence-electron chi connectivity index (χ4n) is 1.86. The predicted octanol–water partition coefficient (Wildman–Crippen LogP) is 0.945. The smallest absolute Gasteiger partial charge is 0.238 e. The first kappa shape index (κ1) is 12.7. The van der Waals surface area contributed by atoms with Crippen molar-refractivity contribution >= 4 is 28.0 Å². The van der Waals surface area contributed by atoms with Gasteiger partial charge in [-0.1, -0.05) is 0 Å². The molecule has 2 heterocycles. The molecule has 17 heavy (non-hydrogen) atoms. The normalized spacial score (nSPS) is 24.0. The number of carbonyl (C=O) groups excluding carboxylic acids is 1. The third-order valence-electron chi connectivity index (χ3n) is 2.96. The van der Waals surface area contributed by atoms with Crippen molar-refractivity contribution in [3.05, 3.63) is 22.4 Å². The van der Waals surface area contributed by atoms with E-state index < -0.39 is 10.8 Å². The lowest BCUT2D eigenvalue weighted by Gasteiger charge is -2.26. The molecule has 4 nitrogen and oxygen atoms in total. The zero-order valence-electron chi connectivity index (χ0n) is 9.88. The van der Waals surface area contributed by atoms with E-state index in [9.17, 15) is 9.00 Å². The predicted molar refractivity (Wildman–Crippen MR) is 70.3 cm³/mol. The van der Waals surface area contributed by atoms with E-state index in [0.29, 0.717) is 13.1 Å². The second-order valence-corrected chi connectivity index (χ2v) is 6.78. The molecule has 1 N–H and O–H groups in total. The summed E-state index contributed by atoms with van der Waals surface area (Å²) in [5.41, 5.74) is 1.11. The van der Waals surface area contributed by atoms with Crippen molar-refractivity contribution in [1.29, 1.82) is 0 Å². The summed E-state index contributed by atoms with van der Waals surface area (Å²) in [7, 11) is -0.902. The standard InChI is InChI=1S/C11H16N2O2S2/c1-8(17(2)15)6-13-10(14)5-12-11(13)9-3-4-16-7-9/h3-4,7-8,11-12H,5-6H2,1-2H3. The summed E-state index contributed by atoms with van der Waals surface area (Å²) in [4.78, 5) is 13.6. The zero-order valence-corrected chi connectivity index (χ0v) is 11.5. The highest BCUT2D eigenvalue weighted by molar-refractivity contribution is 7.84. The van der Waals surface area contributed by atoms with Crippen LogP contribution in [0, 0.1) is 0 Å². The summed E-state index contributed by atoms with van der Waals surface area (Å²) in [6.07, 6.45) is 1.62. The second kappa shape index (κ2) is 5.29. The summed E-state index contributed by atoms with van der Waals surface area (Å²) in [6.45, 7) is 2.81. The van der Waals surface area contributed by atoms with Crippen molar-refractivity contribution in [2.45, 2.75) is 18.3 Å². The summed E-state index contributed by atoms with van der Waals surface area (Å²) in [5.74, 6) is 0.0819. The van der Waals surface area contributed by atoms with Crippen LogP contribution in [0.25, 0.3) is 0 Å². The van der Waals surface area contributed by atoms with Crippen LogP contribution in [-0.2, 0) is 15.6 Å². The monoisotopic (exact) mass is 272 g/mol. The minimum atomic E-state index is -0.902. The lowest BCUT2D eigenvalue weighted by Crippen LogP contribution is -2.37. The number of nitrogens with zero attached hydrogens (tertiary/aromatic N) is 1. The van der Waals surface area contributed by atoms with E-state index in [4.69, 9.17) is 0 Å². The molecule has 1 fully saturated rings. The van der Waals surface area contributed by atoms with E-state index in [-0.39, 0.29) is 17.3 Å². The van der Waals surface area contributed by atoms with Crippen molar-refractivity contribution in [2.24, 2.45) is 0 Å². The van der Waals surface area contributed by atoms with E-state index in [1.807, 2.05) is 23.8 Å². The van der Waals surface area contributed by atoms with Crippen molar-refractivity contribution in [3.8, 4) is 0 Å². The molecule has 94 valence electrons. The molecule has 6 heteroatoms. The number of hydrogen-bond donors (Lipinski definition) is 1. The molecule has 0 saturated carbocycles. The van der Waals surface area contributed by atoms with Crippen molar-refractivity contribution < 1.29 is 9.00 Å². The first-order chi connectivity index (χ1) is 8.09. The molecule has 3 atom stereocenters. The van der Waals surface area contributed by atoms with Gasteiger partial charge in [0.05, 0.1) is 6.54 Å². The van der Waals surface area contributed by atoms with Gasteiger partial charge >= 0.3 is 0 Å². The molecule has 0 bridgehead atoms. The van der Waals surface area contributed by atoms with Crippen molar-refractivity contribution in [3.63, 3.8) is 0 Å². The topological polar surface area (TPSA) is 49.4 Å². The third kappa shape index (κ3) is 2.75. The highest BCUT2D eigenvalue weighted by atomic mass is 32.2. The highest BCUT2D eigenvalue weighted by Gasteiger charge is 2.33. The summed E-state index contributed by atoms with van der Waals surface area (Å²) >= 11 is 1.62. The van der Waals surface area contributed by atoms with Gasteiger partial charge in [0.25, 0.3) is 0 Å². The molecular formula is C11H16N2O2S2. The van der Waals surface area contributed by atoms with E-state index in [1.165, 1.54) is 0 Å². The molecule has 0 aromatic carbocycles. The lowest BCUT2D eigenvalue weighted by atomic mass is 10.2. The van der Waals surface area contributed by atoms with Crippen LogP contribution >= 0.6 is 11.3 Å². The van der Waals surface area contributed by atoms with Crippen LogP contribution in [-0.4, -0.2) is 39.6 Å². The quantitative estimate of drug-likeness (QED) is 0.887. The van der Waals surface area contributed by atoms with E-state index >= 15 is 0 Å². The maximum absolute atomic E-state index is 11.8. The van der Waals surface area contributed by atoms with Gasteiger partial charge in [-0.05, 0) is 29.3 Å². The van der Waals surface area contributed by atoms with Crippen molar-refractivity contribution in [2.75, 3.05) is 19.3 Å². The molecule has 0 radical (unpaired) electrons. The first-order valence-electron chi connectivity index (χ1n) is 5.46. The summed E-state index contributed by atoms with van der Waals surface area (Å²) < 4.78 is 11.4. The minimum Gasteiger partial charge on any atom is -0.321 e. The second-order valence-electron chi connectivity index (χ2n) is 4.20. The van der Waals surface area contributed by atoms with Crippen LogP contribution in [0.2, 0.25) is 0 Å². The van der Waals surface area contributed by atoms with Gasteiger partial charge < -0.3 is 4.90 Å². The Kier molecular flexibility index (Phi) is 3.96. The molecule has 3 unspecified atom stereocenters. The highest BCUT2D eigenvalue weighted by Crippen LogP contribution is 2.24. The number of carbonyl (C=O) groups is 1. The van der Waals surface area contributed by atoms with Crippen LogP contribution in [0.15, 0.2) is 16.8 Å². The number of amides is 1. The Morgan fingerprint density at radius 3 is 3.06 bits per heavy atom. The van der Waals surface area contributed by atoms with Gasteiger partial charge in [-0.15, -0.1) is 0 Å². The average molecular weight is 272 g/mol. The van der Waals surface area contributed by atoms with Gasteiger partial charge in [-0.2, -0.15) is 11.3 Å². The largest absolute Gasteiger partial charge is 0.321 e. The van der Waals surface area contributed by atoms with Crippen LogP contribution < -0.4 is 5.32 Å². The number of nitrogens with one attached hydrogen (secondary N) is 1. The average Bonchev–Trinajstić information content (AvgIpc) is 2.89. The summed E-state index contributed by atoms with van der Waals surface area (Å²) in [6, 6.07) is 2.02. The number of rotatable bonds is 4. The first-order valence-corrected chi connectivity index (χ1v) is 8.03. The van der Waals surface area contributed by atoms with Crippen LogP contribution in [0.3, 0.4) is 0 Å². The molecule has 1 aliphatic heterocycles. The number of hydrogen-bond acceptors (Lipinski definition) is 4. The minimum absolute atomic E-state index is 0.0000132. The fourth-order valence-corrected chi connectivity index (χ4v) is 2.91. The summed E-state index contributed by atoms with van der Waals surface area (Å²) in [5, 5.41) is 7.23. The maximum Gasteiger partial charge on any atom is 0.238 e. The van der Waals surface area contributed by atoms with Crippen LogP contribution in [0.4, 0.5) is 0 Å². The van der Waals surface area contributed by atoms with Crippen LogP contribution in [0.1, 0.15) is 18.7 Å². The molecule has 1 aliphatic rings. The molecule has 1 aromatic heterocycles. The molecule has 0 spiro atoms. The SMILES string of the molecule is CC(CN1C(=O)CNC1c1ccsc1)S(C)=O. The van der Waals surface area contributed by atoms with Gasteiger partial charge in [0.2, 0.25) is 5.91 Å². The Balaban J connectivity index is 2.12.